The third-order valence-corrected chi connectivity index (χ3v) is 10.2. The van der Waals surface area contributed by atoms with Crippen LogP contribution >= 0.6 is 0 Å². The largest absolute Gasteiger partial charge is 0.412 e. The summed E-state index contributed by atoms with van der Waals surface area (Å²) in [7, 11) is -1.69. The van der Waals surface area contributed by atoms with Crippen LogP contribution in [0.15, 0.2) is 18.5 Å². The lowest BCUT2D eigenvalue weighted by molar-refractivity contribution is 0.274. The molecule has 2 nitrogen and oxygen atoms in total. The third kappa shape index (κ3) is 4.66. The van der Waals surface area contributed by atoms with Crippen molar-refractivity contribution in [3.05, 3.63) is 29.6 Å². The Kier molecular flexibility index (Phi) is 5.49. The van der Waals surface area contributed by atoms with Crippen molar-refractivity contribution in [3.8, 4) is 0 Å². The average Bonchev–Trinajstić information content (AvgIpc) is 3.26. The Bertz CT molecular complexity index is 488. The van der Waals surface area contributed by atoms with Gasteiger partial charge < -0.3 is 4.43 Å². The van der Waals surface area contributed by atoms with Gasteiger partial charge in [0.25, 0.3) is 0 Å². The van der Waals surface area contributed by atoms with E-state index in [0.717, 1.165) is 24.9 Å². The van der Waals surface area contributed by atoms with Gasteiger partial charge in [-0.05, 0) is 72.8 Å². The monoisotopic (exact) mass is 319 g/mol. The number of pyridine rings is 1. The van der Waals surface area contributed by atoms with Crippen LogP contribution in [0.25, 0.3) is 0 Å². The number of hydrogen-bond acceptors (Lipinski definition) is 2. The SMILES string of the molecule is CC(CCc1ccncc1CO[Si](C)(C)C(C)(C)C)C1CC1. The van der Waals surface area contributed by atoms with Gasteiger partial charge in [-0.3, -0.25) is 4.98 Å². The molecule has 2 rings (SSSR count). The highest BCUT2D eigenvalue weighted by molar-refractivity contribution is 6.74. The van der Waals surface area contributed by atoms with Gasteiger partial charge in [0.2, 0.25) is 0 Å². The van der Waals surface area contributed by atoms with E-state index in [1.165, 1.54) is 30.4 Å². The normalized spacial score (nSPS) is 17.5. The summed E-state index contributed by atoms with van der Waals surface area (Å²) in [5, 5.41) is 0.260. The van der Waals surface area contributed by atoms with Gasteiger partial charge in [0.15, 0.2) is 8.32 Å². The van der Waals surface area contributed by atoms with Gasteiger partial charge in [-0.1, -0.05) is 27.7 Å². The van der Waals surface area contributed by atoms with Gasteiger partial charge in [-0.2, -0.15) is 0 Å². The molecule has 1 heterocycles. The van der Waals surface area contributed by atoms with E-state index in [0.29, 0.717) is 0 Å². The van der Waals surface area contributed by atoms with E-state index in [9.17, 15) is 0 Å². The number of rotatable bonds is 7. The third-order valence-electron chi connectivity index (χ3n) is 5.70. The summed E-state index contributed by atoms with van der Waals surface area (Å²) in [6, 6.07) is 2.18. The van der Waals surface area contributed by atoms with Crippen LogP contribution in [-0.4, -0.2) is 13.3 Å². The highest BCUT2D eigenvalue weighted by Crippen LogP contribution is 2.39. The maximum atomic E-state index is 6.39. The Morgan fingerprint density at radius 1 is 1.27 bits per heavy atom. The first kappa shape index (κ1) is 17.7. The van der Waals surface area contributed by atoms with Crippen molar-refractivity contribution >= 4 is 8.32 Å². The van der Waals surface area contributed by atoms with Gasteiger partial charge in [-0.15, -0.1) is 0 Å². The van der Waals surface area contributed by atoms with Crippen LogP contribution in [0.2, 0.25) is 18.1 Å². The van der Waals surface area contributed by atoms with E-state index >= 15 is 0 Å². The Balaban J connectivity index is 1.95. The van der Waals surface area contributed by atoms with Crippen molar-refractivity contribution in [2.45, 2.75) is 78.1 Å². The lowest BCUT2D eigenvalue weighted by atomic mass is 9.96. The van der Waals surface area contributed by atoms with Crippen LogP contribution in [-0.2, 0) is 17.5 Å². The summed E-state index contributed by atoms with van der Waals surface area (Å²) < 4.78 is 6.39. The van der Waals surface area contributed by atoms with Gasteiger partial charge in [-0.25, -0.2) is 0 Å². The highest BCUT2D eigenvalue weighted by atomic mass is 28.4. The van der Waals surface area contributed by atoms with Gasteiger partial charge in [0.05, 0.1) is 6.61 Å². The summed E-state index contributed by atoms with van der Waals surface area (Å²) in [5.41, 5.74) is 2.72. The van der Waals surface area contributed by atoms with Gasteiger partial charge >= 0.3 is 0 Å². The minimum absolute atomic E-state index is 0.260. The second kappa shape index (κ2) is 6.84. The first-order valence-corrected chi connectivity index (χ1v) is 11.7. The molecule has 1 fully saturated rings. The maximum Gasteiger partial charge on any atom is 0.192 e. The summed E-state index contributed by atoms with van der Waals surface area (Å²) in [5.74, 6) is 1.86. The number of aryl methyl sites for hydroxylation is 1. The van der Waals surface area contributed by atoms with E-state index in [1.54, 1.807) is 0 Å². The molecule has 0 aliphatic heterocycles. The van der Waals surface area contributed by atoms with Gasteiger partial charge in [0.1, 0.15) is 0 Å². The molecule has 0 spiro atoms. The van der Waals surface area contributed by atoms with E-state index < -0.39 is 8.32 Å². The fourth-order valence-corrected chi connectivity index (χ4v) is 3.54. The standard InChI is InChI=1S/C19H33NOSi/c1-15(16-9-10-16)7-8-17-11-12-20-13-18(17)14-21-22(5,6)19(2,3)4/h11-13,15-16H,7-10,14H2,1-6H3. The summed E-state index contributed by atoms with van der Waals surface area (Å²) in [4.78, 5) is 4.32. The van der Waals surface area contributed by atoms with Crippen molar-refractivity contribution in [1.29, 1.82) is 0 Å². The molecule has 0 aromatic carbocycles. The average molecular weight is 320 g/mol. The van der Waals surface area contributed by atoms with Crippen LogP contribution < -0.4 is 0 Å². The summed E-state index contributed by atoms with van der Waals surface area (Å²) in [6.07, 6.45) is 9.27. The Hall–Kier alpha value is -0.673. The Morgan fingerprint density at radius 2 is 1.95 bits per heavy atom. The van der Waals surface area contributed by atoms with Crippen molar-refractivity contribution in [2.75, 3.05) is 0 Å². The van der Waals surface area contributed by atoms with Crippen molar-refractivity contribution < 1.29 is 4.43 Å². The second-order valence-electron chi connectivity index (χ2n) is 8.55. The first-order chi connectivity index (χ1) is 10.2. The molecule has 1 saturated carbocycles. The van der Waals surface area contributed by atoms with E-state index in [4.69, 9.17) is 4.43 Å². The molecular weight excluding hydrogens is 286 g/mol. The minimum Gasteiger partial charge on any atom is -0.412 e. The smallest absolute Gasteiger partial charge is 0.192 e. The fourth-order valence-electron chi connectivity index (χ4n) is 2.59. The van der Waals surface area contributed by atoms with Gasteiger partial charge in [0, 0.05) is 12.4 Å². The molecule has 1 aliphatic rings. The molecule has 0 bridgehead atoms. The van der Waals surface area contributed by atoms with E-state index in [1.807, 2.05) is 12.4 Å². The molecule has 0 saturated heterocycles. The molecule has 0 radical (unpaired) electrons. The Labute approximate surface area is 137 Å². The minimum atomic E-state index is -1.69. The molecule has 3 heteroatoms. The maximum absolute atomic E-state index is 6.39. The lowest BCUT2D eigenvalue weighted by Gasteiger charge is -2.36. The molecule has 1 aromatic heterocycles. The highest BCUT2D eigenvalue weighted by Gasteiger charge is 2.37. The van der Waals surface area contributed by atoms with E-state index in [-0.39, 0.29) is 5.04 Å². The summed E-state index contributed by atoms with van der Waals surface area (Å²) >= 11 is 0. The van der Waals surface area contributed by atoms with Crippen molar-refractivity contribution in [2.24, 2.45) is 11.8 Å². The van der Waals surface area contributed by atoms with Crippen LogP contribution in [0.3, 0.4) is 0 Å². The molecule has 1 unspecified atom stereocenters. The predicted molar refractivity (Wildman–Crippen MR) is 96.4 cm³/mol. The zero-order valence-electron chi connectivity index (χ0n) is 15.3. The molecule has 0 amide bonds. The van der Waals surface area contributed by atoms with Crippen LogP contribution in [0.4, 0.5) is 0 Å². The Morgan fingerprint density at radius 3 is 2.55 bits per heavy atom. The first-order valence-electron chi connectivity index (χ1n) is 8.76. The second-order valence-corrected chi connectivity index (χ2v) is 13.4. The summed E-state index contributed by atoms with van der Waals surface area (Å²) in [6.45, 7) is 14.6. The van der Waals surface area contributed by atoms with E-state index in [2.05, 4.69) is 51.8 Å². The van der Waals surface area contributed by atoms with Crippen molar-refractivity contribution in [1.82, 2.24) is 4.98 Å². The molecule has 22 heavy (non-hydrogen) atoms. The molecule has 0 N–H and O–H groups in total. The van der Waals surface area contributed by atoms with Crippen molar-refractivity contribution in [3.63, 3.8) is 0 Å². The zero-order valence-corrected chi connectivity index (χ0v) is 16.3. The zero-order chi connectivity index (χ0) is 16.4. The van der Waals surface area contributed by atoms with Crippen LogP contribution in [0, 0.1) is 11.8 Å². The van der Waals surface area contributed by atoms with Crippen LogP contribution in [0.5, 0.6) is 0 Å². The van der Waals surface area contributed by atoms with Crippen LogP contribution in [0.1, 0.15) is 58.1 Å². The number of nitrogens with zero attached hydrogens (tertiary/aromatic N) is 1. The molecule has 1 aliphatic carbocycles. The topological polar surface area (TPSA) is 22.1 Å². The molecule has 1 atom stereocenters. The molecule has 1 aromatic rings. The number of hydrogen-bond donors (Lipinski definition) is 0. The number of aromatic nitrogens is 1. The predicted octanol–water partition coefficient (Wildman–Crippen LogP) is 5.58. The lowest BCUT2D eigenvalue weighted by Crippen LogP contribution is -2.40. The fraction of sp³-hybridized carbons (Fsp3) is 0.737. The molecular formula is C19H33NOSi. The quantitative estimate of drug-likeness (QED) is 0.612. The molecule has 124 valence electrons.